The van der Waals surface area contributed by atoms with Gasteiger partial charge in [0.05, 0.1) is 6.26 Å². The minimum atomic E-state index is 0.394. The van der Waals surface area contributed by atoms with E-state index >= 15 is 0 Å². The molecule has 2 nitrogen and oxygen atoms in total. The summed E-state index contributed by atoms with van der Waals surface area (Å²) in [5.74, 6) is 1.33. The summed E-state index contributed by atoms with van der Waals surface area (Å²) in [5.41, 5.74) is 0. The van der Waals surface area contributed by atoms with Crippen LogP contribution in [0.4, 0.5) is 0 Å². The van der Waals surface area contributed by atoms with Gasteiger partial charge >= 0.3 is 0 Å². The summed E-state index contributed by atoms with van der Waals surface area (Å²) in [4.78, 5) is 0. The van der Waals surface area contributed by atoms with E-state index in [1.54, 1.807) is 0 Å². The van der Waals surface area contributed by atoms with Gasteiger partial charge in [0.2, 0.25) is 0 Å². The largest absolute Gasteiger partial charge is 0.497 e. The number of nitrogens with one attached hydrogen (secondary N) is 1. The third-order valence-corrected chi connectivity index (χ3v) is 4.73. The zero-order valence-electron chi connectivity index (χ0n) is 9.50. The van der Waals surface area contributed by atoms with Crippen LogP contribution in [0.1, 0.15) is 32.6 Å². The van der Waals surface area contributed by atoms with Crippen molar-refractivity contribution in [3.8, 4) is 0 Å². The second-order valence-electron chi connectivity index (χ2n) is 4.74. The van der Waals surface area contributed by atoms with Crippen LogP contribution in [0.25, 0.3) is 0 Å². The van der Waals surface area contributed by atoms with E-state index in [2.05, 4.69) is 30.1 Å². The molecule has 0 aromatic carbocycles. The molecule has 1 N–H and O–H groups in total. The predicted molar refractivity (Wildman–Crippen MR) is 66.2 cm³/mol. The predicted octanol–water partition coefficient (Wildman–Crippen LogP) is 2.55. The van der Waals surface area contributed by atoms with Crippen molar-refractivity contribution >= 4 is 11.8 Å². The lowest BCUT2D eigenvalue weighted by atomic mass is 10.1. The summed E-state index contributed by atoms with van der Waals surface area (Å²) in [5, 5.41) is 3.56. The minimum Gasteiger partial charge on any atom is -0.497 e. The fourth-order valence-electron chi connectivity index (χ4n) is 2.21. The van der Waals surface area contributed by atoms with Crippen LogP contribution in [-0.4, -0.2) is 29.7 Å². The van der Waals surface area contributed by atoms with E-state index in [1.807, 2.05) is 6.26 Å². The molecule has 0 aromatic heterocycles. The normalized spacial score (nSPS) is 35.4. The number of hydrogen-bond acceptors (Lipinski definition) is 3. The van der Waals surface area contributed by atoms with Gasteiger partial charge < -0.3 is 10.1 Å². The number of thioether (sulfide) groups is 1. The van der Waals surface area contributed by atoms with Gasteiger partial charge in [-0.05, 0) is 44.4 Å². The van der Waals surface area contributed by atoms with Crippen molar-refractivity contribution in [2.75, 3.05) is 18.8 Å². The molecule has 2 aliphatic rings. The molecule has 0 saturated carbocycles. The van der Waals surface area contributed by atoms with E-state index in [4.69, 9.17) is 4.74 Å². The topological polar surface area (TPSA) is 21.3 Å². The van der Waals surface area contributed by atoms with Gasteiger partial charge in [-0.2, -0.15) is 11.8 Å². The van der Waals surface area contributed by atoms with Gasteiger partial charge in [-0.15, -0.1) is 0 Å². The van der Waals surface area contributed by atoms with Crippen molar-refractivity contribution in [1.29, 1.82) is 0 Å². The molecule has 0 radical (unpaired) electrons. The van der Waals surface area contributed by atoms with Crippen molar-refractivity contribution in [2.24, 2.45) is 0 Å². The lowest BCUT2D eigenvalue weighted by molar-refractivity contribution is 0.122. The van der Waals surface area contributed by atoms with Gasteiger partial charge in [0.25, 0.3) is 0 Å². The van der Waals surface area contributed by atoms with Crippen LogP contribution in [0, 0.1) is 0 Å². The minimum absolute atomic E-state index is 0.394. The van der Waals surface area contributed by atoms with Crippen LogP contribution in [0.3, 0.4) is 0 Å². The maximum atomic E-state index is 5.53. The molecular formula is C12H21NOS. The van der Waals surface area contributed by atoms with Gasteiger partial charge in [-0.3, -0.25) is 0 Å². The molecule has 2 heterocycles. The first-order chi connectivity index (χ1) is 7.29. The van der Waals surface area contributed by atoms with Crippen molar-refractivity contribution in [3.05, 3.63) is 12.3 Å². The lowest BCUT2D eigenvalue weighted by Gasteiger charge is -2.25. The number of hydrogen-bond donors (Lipinski definition) is 1. The molecule has 1 fully saturated rings. The van der Waals surface area contributed by atoms with Crippen LogP contribution >= 0.6 is 11.8 Å². The maximum Gasteiger partial charge on any atom is 0.110 e. The third-order valence-electron chi connectivity index (χ3n) is 3.19. The molecule has 15 heavy (non-hydrogen) atoms. The Morgan fingerprint density at radius 1 is 1.60 bits per heavy atom. The molecule has 0 amide bonds. The highest BCUT2D eigenvalue weighted by atomic mass is 32.2. The SMILES string of the molecule is CC1(CNCC2CCC=CO2)CCCS1. The third kappa shape index (κ3) is 3.42. The molecule has 2 aliphatic heterocycles. The zero-order valence-corrected chi connectivity index (χ0v) is 10.3. The van der Waals surface area contributed by atoms with Crippen molar-refractivity contribution in [3.63, 3.8) is 0 Å². The smallest absolute Gasteiger partial charge is 0.110 e. The average Bonchev–Trinajstić information content (AvgIpc) is 2.67. The zero-order chi connectivity index (χ0) is 10.6. The van der Waals surface area contributed by atoms with Gasteiger partial charge in [0.1, 0.15) is 6.10 Å². The number of ether oxygens (including phenoxy) is 1. The first-order valence-electron chi connectivity index (χ1n) is 5.94. The molecule has 2 unspecified atom stereocenters. The second kappa shape index (κ2) is 5.26. The Bertz CT molecular complexity index is 224. The average molecular weight is 227 g/mol. The number of rotatable bonds is 4. The highest BCUT2D eigenvalue weighted by molar-refractivity contribution is 8.00. The molecular weight excluding hydrogens is 206 g/mol. The molecule has 0 bridgehead atoms. The maximum absolute atomic E-state index is 5.53. The molecule has 86 valence electrons. The van der Waals surface area contributed by atoms with Crippen molar-refractivity contribution < 1.29 is 4.74 Å². The molecule has 2 rings (SSSR count). The first kappa shape index (κ1) is 11.3. The highest BCUT2D eigenvalue weighted by Gasteiger charge is 2.29. The lowest BCUT2D eigenvalue weighted by Crippen LogP contribution is -2.38. The fraction of sp³-hybridized carbons (Fsp3) is 0.833. The Balaban J connectivity index is 1.63. The quantitative estimate of drug-likeness (QED) is 0.797. The van der Waals surface area contributed by atoms with Crippen LogP contribution in [-0.2, 0) is 4.74 Å². The molecule has 1 saturated heterocycles. The Hall–Kier alpha value is -0.150. The van der Waals surface area contributed by atoms with E-state index in [-0.39, 0.29) is 0 Å². The van der Waals surface area contributed by atoms with Crippen molar-refractivity contribution in [1.82, 2.24) is 5.32 Å². The number of allylic oxidation sites excluding steroid dienone is 1. The van der Waals surface area contributed by atoms with Gasteiger partial charge in [-0.25, -0.2) is 0 Å². The van der Waals surface area contributed by atoms with E-state index in [1.165, 1.54) is 25.0 Å². The van der Waals surface area contributed by atoms with Gasteiger partial charge in [-0.1, -0.05) is 0 Å². The standard InChI is InChI=1S/C12H21NOS/c1-12(6-4-8-15-12)10-13-9-11-5-2-3-7-14-11/h3,7,11,13H,2,4-6,8-10H2,1H3. The van der Waals surface area contributed by atoms with Crippen LogP contribution in [0.2, 0.25) is 0 Å². The first-order valence-corrected chi connectivity index (χ1v) is 6.92. The van der Waals surface area contributed by atoms with Crippen LogP contribution in [0.15, 0.2) is 12.3 Å². The van der Waals surface area contributed by atoms with E-state index < -0.39 is 0 Å². The van der Waals surface area contributed by atoms with Crippen LogP contribution < -0.4 is 5.32 Å². The Morgan fingerprint density at radius 3 is 3.20 bits per heavy atom. The van der Waals surface area contributed by atoms with Gasteiger partial charge in [0, 0.05) is 17.8 Å². The second-order valence-corrected chi connectivity index (χ2v) is 6.42. The summed E-state index contributed by atoms with van der Waals surface area (Å²) in [6.45, 7) is 4.50. The van der Waals surface area contributed by atoms with E-state index in [0.717, 1.165) is 19.5 Å². The molecule has 0 aliphatic carbocycles. The monoisotopic (exact) mass is 227 g/mol. The summed E-state index contributed by atoms with van der Waals surface area (Å²) in [6.07, 6.45) is 9.41. The van der Waals surface area contributed by atoms with Crippen molar-refractivity contribution in [2.45, 2.75) is 43.5 Å². The highest BCUT2D eigenvalue weighted by Crippen LogP contribution is 2.36. The van der Waals surface area contributed by atoms with E-state index in [9.17, 15) is 0 Å². The Morgan fingerprint density at radius 2 is 2.53 bits per heavy atom. The molecule has 2 atom stereocenters. The Labute approximate surface area is 96.8 Å². The molecule has 0 spiro atoms. The van der Waals surface area contributed by atoms with Crippen LogP contribution in [0.5, 0.6) is 0 Å². The molecule has 0 aromatic rings. The summed E-state index contributed by atoms with van der Waals surface area (Å²) in [7, 11) is 0. The van der Waals surface area contributed by atoms with E-state index in [0.29, 0.717) is 10.9 Å². The fourth-order valence-corrected chi connectivity index (χ4v) is 3.48. The molecule has 3 heteroatoms. The summed E-state index contributed by atoms with van der Waals surface area (Å²) < 4.78 is 6.00. The Kier molecular flexibility index (Phi) is 3.98. The summed E-state index contributed by atoms with van der Waals surface area (Å²) in [6, 6.07) is 0. The van der Waals surface area contributed by atoms with Gasteiger partial charge in [0.15, 0.2) is 0 Å². The summed E-state index contributed by atoms with van der Waals surface area (Å²) >= 11 is 2.11.